The fourth-order valence-corrected chi connectivity index (χ4v) is 4.61. The molecule has 0 fully saturated rings. The molecule has 1 heterocycles. The van der Waals surface area contributed by atoms with Gasteiger partial charge in [-0.05, 0) is 57.8 Å². The Hall–Kier alpha value is -3.61. The van der Waals surface area contributed by atoms with Gasteiger partial charge >= 0.3 is 6.09 Å². The first-order valence-electron chi connectivity index (χ1n) is 11.1. The Morgan fingerprint density at radius 3 is 2.39 bits per heavy atom. The van der Waals surface area contributed by atoms with E-state index >= 15 is 0 Å². The first kappa shape index (κ1) is 21.2. The molecule has 0 bridgehead atoms. The van der Waals surface area contributed by atoms with Crippen LogP contribution < -0.4 is 5.32 Å². The Bertz CT molecular complexity index is 1240. The summed E-state index contributed by atoms with van der Waals surface area (Å²) < 4.78 is 5.51. The number of ether oxygens (including phenoxy) is 1. The number of fused-ring (bicyclic) bond motifs is 4. The minimum absolute atomic E-state index is 0.00101. The average Bonchev–Trinajstić information content (AvgIpc) is 3.44. The number of H-pyrrole nitrogens is 1. The first-order valence-corrected chi connectivity index (χ1v) is 11.1. The van der Waals surface area contributed by atoms with E-state index in [1.54, 1.807) is 6.07 Å². The van der Waals surface area contributed by atoms with Crippen molar-refractivity contribution in [3.05, 3.63) is 95.7 Å². The van der Waals surface area contributed by atoms with Gasteiger partial charge in [-0.25, -0.2) is 4.79 Å². The van der Waals surface area contributed by atoms with E-state index in [0.717, 1.165) is 22.0 Å². The minimum atomic E-state index is -1.03. The lowest BCUT2D eigenvalue weighted by molar-refractivity contribution is 0.0137. The highest BCUT2D eigenvalue weighted by atomic mass is 16.5. The smallest absolute Gasteiger partial charge is 0.407 e. The van der Waals surface area contributed by atoms with E-state index in [2.05, 4.69) is 34.6 Å². The molecule has 1 aromatic heterocycles. The Morgan fingerprint density at radius 1 is 0.970 bits per heavy atom. The zero-order chi connectivity index (χ0) is 22.8. The number of aromatic nitrogens is 1. The van der Waals surface area contributed by atoms with Gasteiger partial charge in [-0.3, -0.25) is 0 Å². The van der Waals surface area contributed by atoms with Crippen molar-refractivity contribution in [2.24, 2.45) is 0 Å². The lowest BCUT2D eigenvalue weighted by atomic mass is 9.98. The molecule has 6 nitrogen and oxygen atoms in total. The normalized spacial score (nSPS) is 14.5. The highest BCUT2D eigenvalue weighted by Gasteiger charge is 2.29. The molecule has 168 valence electrons. The van der Waals surface area contributed by atoms with E-state index in [9.17, 15) is 15.0 Å². The number of aliphatic hydroxyl groups is 2. The number of alkyl carbamates (subject to hydrolysis) is 1. The summed E-state index contributed by atoms with van der Waals surface area (Å²) in [7, 11) is 0. The molecule has 6 heteroatoms. The maximum atomic E-state index is 12.3. The van der Waals surface area contributed by atoms with Crippen molar-refractivity contribution in [1.82, 2.24) is 10.3 Å². The maximum Gasteiger partial charge on any atom is 0.407 e. The van der Waals surface area contributed by atoms with Crippen LogP contribution in [0.4, 0.5) is 4.79 Å². The third-order valence-corrected chi connectivity index (χ3v) is 6.34. The molecule has 2 atom stereocenters. The Labute approximate surface area is 191 Å². The van der Waals surface area contributed by atoms with Gasteiger partial charge in [-0.2, -0.15) is 0 Å². The van der Waals surface area contributed by atoms with Gasteiger partial charge in [-0.1, -0.05) is 54.6 Å². The Morgan fingerprint density at radius 2 is 1.67 bits per heavy atom. The van der Waals surface area contributed by atoms with Crippen molar-refractivity contribution in [2.75, 3.05) is 13.2 Å². The number of carbonyl (C=O) groups is 1. The van der Waals surface area contributed by atoms with E-state index in [-0.39, 0.29) is 25.5 Å². The van der Waals surface area contributed by atoms with Gasteiger partial charge in [0.05, 0.1) is 6.10 Å². The van der Waals surface area contributed by atoms with Crippen LogP contribution in [0.3, 0.4) is 0 Å². The van der Waals surface area contributed by atoms with Gasteiger partial charge in [0.1, 0.15) is 12.7 Å². The van der Waals surface area contributed by atoms with E-state index < -0.39 is 18.3 Å². The Kier molecular flexibility index (Phi) is 5.86. The molecular weight excluding hydrogens is 416 g/mol. The van der Waals surface area contributed by atoms with Crippen LogP contribution in [0.25, 0.3) is 22.0 Å². The van der Waals surface area contributed by atoms with Crippen LogP contribution in [0.1, 0.15) is 35.1 Å². The molecule has 1 aliphatic carbocycles. The van der Waals surface area contributed by atoms with Gasteiger partial charge in [0.25, 0.3) is 0 Å². The third-order valence-electron chi connectivity index (χ3n) is 6.34. The van der Waals surface area contributed by atoms with E-state index in [1.807, 2.05) is 48.7 Å². The van der Waals surface area contributed by atoms with Crippen LogP contribution in [-0.4, -0.2) is 40.5 Å². The minimum Gasteiger partial charge on any atom is -0.449 e. The topological polar surface area (TPSA) is 94.6 Å². The number of hydrogen-bond acceptors (Lipinski definition) is 4. The standard InChI is InChI=1S/C27H26N2O4/c30-25(26(31)18-9-10-24-17(15-18)11-13-28-24)12-14-29-27(32)33-16-23-21-7-3-1-5-19(21)20-6-2-4-8-22(20)23/h1-11,13,15,23,25-26,28,30-31H,12,14,16H2,(H,29,32). The summed E-state index contributed by atoms with van der Waals surface area (Å²) in [5, 5.41) is 24.5. The average molecular weight is 443 g/mol. The summed E-state index contributed by atoms with van der Waals surface area (Å²) >= 11 is 0. The Balaban J connectivity index is 1.13. The molecule has 0 spiro atoms. The molecule has 4 N–H and O–H groups in total. The van der Waals surface area contributed by atoms with Crippen LogP contribution in [0.15, 0.2) is 79.0 Å². The summed E-state index contributed by atoms with van der Waals surface area (Å²) in [5.41, 5.74) is 6.27. The molecule has 4 aromatic rings. The summed E-state index contributed by atoms with van der Waals surface area (Å²) in [4.78, 5) is 15.4. The van der Waals surface area contributed by atoms with E-state index in [1.165, 1.54) is 11.1 Å². The molecule has 0 saturated heterocycles. The van der Waals surface area contributed by atoms with Gasteiger partial charge in [0, 0.05) is 24.2 Å². The molecular formula is C27H26N2O4. The first-order chi connectivity index (χ1) is 16.1. The predicted molar refractivity (Wildman–Crippen MR) is 127 cm³/mol. The summed E-state index contributed by atoms with van der Waals surface area (Å²) in [5.74, 6) is -0.00101. The predicted octanol–water partition coefficient (Wildman–Crippen LogP) is 4.49. The number of aromatic amines is 1. The number of aliphatic hydroxyl groups excluding tert-OH is 2. The van der Waals surface area contributed by atoms with Crippen LogP contribution in [0.5, 0.6) is 0 Å². The fourth-order valence-electron chi connectivity index (χ4n) is 4.61. The molecule has 2 unspecified atom stereocenters. The number of amides is 1. The van der Waals surface area contributed by atoms with Gasteiger partial charge in [-0.15, -0.1) is 0 Å². The molecule has 0 radical (unpaired) electrons. The second-order valence-corrected chi connectivity index (χ2v) is 8.38. The lowest BCUT2D eigenvalue weighted by Gasteiger charge is -2.19. The van der Waals surface area contributed by atoms with Crippen LogP contribution in [0.2, 0.25) is 0 Å². The fraction of sp³-hybridized carbons (Fsp3) is 0.222. The lowest BCUT2D eigenvalue weighted by Crippen LogP contribution is -2.30. The molecule has 0 aliphatic heterocycles. The zero-order valence-corrected chi connectivity index (χ0v) is 18.1. The summed E-state index contributed by atoms with van der Waals surface area (Å²) in [6, 6.07) is 23.8. The number of hydrogen-bond donors (Lipinski definition) is 4. The molecule has 3 aromatic carbocycles. The quantitative estimate of drug-likeness (QED) is 0.339. The van der Waals surface area contributed by atoms with Crippen LogP contribution in [0, 0.1) is 0 Å². The number of carbonyl (C=O) groups excluding carboxylic acids is 1. The summed E-state index contributed by atoms with van der Waals surface area (Å²) in [6.45, 7) is 0.434. The number of nitrogens with one attached hydrogen (secondary N) is 2. The summed E-state index contributed by atoms with van der Waals surface area (Å²) in [6.07, 6.45) is -0.539. The van der Waals surface area contributed by atoms with Crippen LogP contribution in [-0.2, 0) is 4.74 Å². The van der Waals surface area contributed by atoms with Gasteiger partial charge in [0.15, 0.2) is 0 Å². The highest BCUT2D eigenvalue weighted by Crippen LogP contribution is 2.44. The number of rotatable bonds is 7. The van der Waals surface area contributed by atoms with Crippen molar-refractivity contribution in [1.29, 1.82) is 0 Å². The molecule has 0 saturated carbocycles. The maximum absolute atomic E-state index is 12.3. The molecule has 1 amide bonds. The van der Waals surface area contributed by atoms with Gasteiger partial charge in [0.2, 0.25) is 0 Å². The van der Waals surface area contributed by atoms with Gasteiger partial charge < -0.3 is 25.3 Å². The van der Waals surface area contributed by atoms with Crippen molar-refractivity contribution in [2.45, 2.75) is 24.5 Å². The van der Waals surface area contributed by atoms with Crippen molar-refractivity contribution in [3.8, 4) is 11.1 Å². The third kappa shape index (κ3) is 4.23. The van der Waals surface area contributed by atoms with Crippen LogP contribution >= 0.6 is 0 Å². The largest absolute Gasteiger partial charge is 0.449 e. The molecule has 33 heavy (non-hydrogen) atoms. The van der Waals surface area contributed by atoms with E-state index in [4.69, 9.17) is 4.74 Å². The van der Waals surface area contributed by atoms with Crippen molar-refractivity contribution >= 4 is 17.0 Å². The van der Waals surface area contributed by atoms with E-state index in [0.29, 0.717) is 5.56 Å². The zero-order valence-electron chi connectivity index (χ0n) is 18.1. The molecule has 5 rings (SSSR count). The van der Waals surface area contributed by atoms with Crippen molar-refractivity contribution < 1.29 is 19.7 Å². The second-order valence-electron chi connectivity index (χ2n) is 8.38. The number of benzene rings is 3. The SMILES string of the molecule is O=C(NCCC(O)C(O)c1ccc2[nH]ccc2c1)OCC1c2ccccc2-c2ccccc21. The molecule has 1 aliphatic rings. The monoisotopic (exact) mass is 442 g/mol. The highest BCUT2D eigenvalue weighted by molar-refractivity contribution is 5.80. The van der Waals surface area contributed by atoms with Crippen molar-refractivity contribution in [3.63, 3.8) is 0 Å². The second kappa shape index (κ2) is 9.10.